The summed E-state index contributed by atoms with van der Waals surface area (Å²) in [4.78, 5) is 12.1. The highest BCUT2D eigenvalue weighted by molar-refractivity contribution is 6.61. The fourth-order valence-corrected chi connectivity index (χ4v) is 2.41. The summed E-state index contributed by atoms with van der Waals surface area (Å²) in [7, 11) is -0.416. The zero-order valence-electron chi connectivity index (χ0n) is 18.4. The Balaban J connectivity index is 2.93. The van der Waals surface area contributed by atoms with Gasteiger partial charge in [0.05, 0.1) is 5.54 Å². The number of hydrogen-bond acceptors (Lipinski definition) is 4. The summed E-state index contributed by atoms with van der Waals surface area (Å²) in [5.41, 5.74) is 0.567. The first-order chi connectivity index (χ1) is 12.3. The van der Waals surface area contributed by atoms with E-state index in [1.54, 1.807) is 0 Å². The van der Waals surface area contributed by atoms with Crippen LogP contribution < -0.4 is 10.8 Å². The van der Waals surface area contributed by atoms with Gasteiger partial charge in [-0.1, -0.05) is 31.2 Å². The van der Waals surface area contributed by atoms with Crippen molar-refractivity contribution < 1.29 is 18.8 Å². The molecule has 1 aromatic rings. The van der Waals surface area contributed by atoms with E-state index in [2.05, 4.69) is 26.1 Å². The van der Waals surface area contributed by atoms with Crippen LogP contribution in [-0.4, -0.2) is 31.0 Å². The Morgan fingerprint density at radius 1 is 1.00 bits per heavy atom. The SMILES string of the molecule is CCOB(OC(C)(C)CC)c1ccc(C(C)(C)NC(=O)OC(C)(C)C)cc1. The lowest BCUT2D eigenvalue weighted by molar-refractivity contribution is 0.0470. The van der Waals surface area contributed by atoms with Crippen LogP contribution in [0.2, 0.25) is 0 Å². The predicted molar refractivity (Wildman–Crippen MR) is 111 cm³/mol. The first-order valence-electron chi connectivity index (χ1n) is 9.70. The highest BCUT2D eigenvalue weighted by Crippen LogP contribution is 2.21. The van der Waals surface area contributed by atoms with Gasteiger partial charge in [-0.05, 0) is 72.8 Å². The van der Waals surface area contributed by atoms with Crippen molar-refractivity contribution in [2.45, 2.75) is 85.5 Å². The lowest BCUT2D eigenvalue weighted by atomic mass is 9.76. The molecule has 0 atom stereocenters. The number of nitrogens with one attached hydrogen (secondary N) is 1. The summed E-state index contributed by atoms with van der Waals surface area (Å²) < 4.78 is 17.3. The van der Waals surface area contributed by atoms with Gasteiger partial charge < -0.3 is 19.4 Å². The summed E-state index contributed by atoms with van der Waals surface area (Å²) in [5.74, 6) is 0. The van der Waals surface area contributed by atoms with Gasteiger partial charge in [-0.3, -0.25) is 0 Å². The highest BCUT2D eigenvalue weighted by atomic mass is 16.6. The van der Waals surface area contributed by atoms with E-state index < -0.39 is 24.4 Å². The van der Waals surface area contributed by atoms with Crippen LogP contribution in [0.4, 0.5) is 4.79 Å². The number of rotatable bonds is 8. The maximum atomic E-state index is 12.1. The van der Waals surface area contributed by atoms with Crippen molar-refractivity contribution in [3.8, 4) is 0 Å². The summed E-state index contributed by atoms with van der Waals surface area (Å²) in [6.07, 6.45) is 0.457. The standard InChI is InChI=1S/C21H36BNO4/c1-10-20(6,7)27-22(25-11-2)17-14-12-16(13-15-17)21(8,9)23-18(24)26-19(3,4)5/h12-15H,10-11H2,1-9H3,(H,23,24). The molecule has 0 spiro atoms. The molecule has 1 amide bonds. The summed E-state index contributed by atoms with van der Waals surface area (Å²) in [6, 6.07) is 7.95. The van der Waals surface area contributed by atoms with Crippen molar-refractivity contribution in [3.63, 3.8) is 0 Å². The predicted octanol–water partition coefficient (Wildman–Crippen LogP) is 4.38. The van der Waals surface area contributed by atoms with E-state index in [0.29, 0.717) is 6.61 Å². The molecular formula is C21H36BNO4. The van der Waals surface area contributed by atoms with Crippen molar-refractivity contribution >= 4 is 18.7 Å². The average molecular weight is 377 g/mol. The van der Waals surface area contributed by atoms with Gasteiger partial charge >= 0.3 is 13.2 Å². The van der Waals surface area contributed by atoms with E-state index in [1.807, 2.05) is 65.8 Å². The molecule has 152 valence electrons. The number of ether oxygens (including phenoxy) is 1. The molecule has 0 fully saturated rings. The van der Waals surface area contributed by atoms with E-state index in [0.717, 1.165) is 17.4 Å². The maximum Gasteiger partial charge on any atom is 0.494 e. The molecule has 0 aliphatic heterocycles. The zero-order chi connectivity index (χ0) is 20.9. The molecule has 0 saturated heterocycles. The molecule has 0 unspecified atom stereocenters. The van der Waals surface area contributed by atoms with Crippen LogP contribution in [-0.2, 0) is 19.6 Å². The fraction of sp³-hybridized carbons (Fsp3) is 0.667. The minimum absolute atomic E-state index is 0.268. The first-order valence-corrected chi connectivity index (χ1v) is 9.70. The molecule has 0 heterocycles. The Morgan fingerprint density at radius 3 is 2.00 bits per heavy atom. The van der Waals surface area contributed by atoms with Crippen LogP contribution in [0, 0.1) is 0 Å². The van der Waals surface area contributed by atoms with Crippen molar-refractivity contribution in [2.24, 2.45) is 0 Å². The van der Waals surface area contributed by atoms with E-state index in [4.69, 9.17) is 14.0 Å². The minimum Gasteiger partial charge on any atom is -0.444 e. The van der Waals surface area contributed by atoms with Crippen molar-refractivity contribution in [3.05, 3.63) is 29.8 Å². The quantitative estimate of drug-likeness (QED) is 0.683. The van der Waals surface area contributed by atoms with Gasteiger partial charge in [0.25, 0.3) is 0 Å². The average Bonchev–Trinajstić information content (AvgIpc) is 2.52. The second-order valence-corrected chi connectivity index (χ2v) is 8.89. The Kier molecular flexibility index (Phi) is 7.93. The molecule has 6 heteroatoms. The van der Waals surface area contributed by atoms with E-state index in [9.17, 15) is 4.79 Å². The maximum absolute atomic E-state index is 12.1. The van der Waals surface area contributed by atoms with Crippen molar-refractivity contribution in [2.75, 3.05) is 6.61 Å². The zero-order valence-corrected chi connectivity index (χ0v) is 18.4. The Labute approximate surface area is 165 Å². The molecule has 27 heavy (non-hydrogen) atoms. The third-order valence-electron chi connectivity index (χ3n) is 4.31. The van der Waals surface area contributed by atoms with Crippen LogP contribution in [0.5, 0.6) is 0 Å². The summed E-state index contributed by atoms with van der Waals surface area (Å²) in [5, 5.41) is 2.93. The number of hydrogen-bond donors (Lipinski definition) is 1. The van der Waals surface area contributed by atoms with Gasteiger partial charge in [0.2, 0.25) is 0 Å². The molecule has 0 aromatic heterocycles. The largest absolute Gasteiger partial charge is 0.494 e. The third-order valence-corrected chi connectivity index (χ3v) is 4.31. The topological polar surface area (TPSA) is 56.8 Å². The Hall–Kier alpha value is -1.53. The van der Waals surface area contributed by atoms with Crippen LogP contribution in [0.1, 0.15) is 74.3 Å². The lowest BCUT2D eigenvalue weighted by Crippen LogP contribution is -2.45. The molecule has 0 aliphatic rings. The number of benzene rings is 1. The Morgan fingerprint density at radius 2 is 1.56 bits per heavy atom. The van der Waals surface area contributed by atoms with E-state index >= 15 is 0 Å². The molecule has 0 saturated carbocycles. The van der Waals surface area contributed by atoms with Gasteiger partial charge in [-0.2, -0.15) is 0 Å². The molecular weight excluding hydrogens is 341 g/mol. The van der Waals surface area contributed by atoms with E-state index in [1.165, 1.54) is 0 Å². The summed E-state index contributed by atoms with van der Waals surface area (Å²) >= 11 is 0. The van der Waals surface area contributed by atoms with Crippen LogP contribution in [0.15, 0.2) is 24.3 Å². The second-order valence-electron chi connectivity index (χ2n) is 8.89. The van der Waals surface area contributed by atoms with Gasteiger partial charge in [0, 0.05) is 12.2 Å². The van der Waals surface area contributed by atoms with Gasteiger partial charge in [0.1, 0.15) is 5.60 Å². The molecule has 0 bridgehead atoms. The Bertz CT molecular complexity index is 606. The molecule has 1 N–H and O–H groups in total. The molecule has 0 radical (unpaired) electrons. The smallest absolute Gasteiger partial charge is 0.444 e. The van der Waals surface area contributed by atoms with Crippen LogP contribution in [0.3, 0.4) is 0 Å². The number of alkyl carbamates (subject to hydrolysis) is 1. The molecule has 0 aliphatic carbocycles. The highest BCUT2D eigenvalue weighted by Gasteiger charge is 2.30. The molecule has 1 rings (SSSR count). The molecule has 5 nitrogen and oxygen atoms in total. The van der Waals surface area contributed by atoms with Gasteiger partial charge in [-0.25, -0.2) is 4.79 Å². The monoisotopic (exact) mass is 377 g/mol. The van der Waals surface area contributed by atoms with Gasteiger partial charge in [-0.15, -0.1) is 0 Å². The fourth-order valence-electron chi connectivity index (χ4n) is 2.41. The summed E-state index contributed by atoms with van der Waals surface area (Å²) in [6.45, 7) is 18.2. The van der Waals surface area contributed by atoms with Crippen molar-refractivity contribution in [1.82, 2.24) is 5.32 Å². The van der Waals surface area contributed by atoms with Crippen LogP contribution in [0.25, 0.3) is 0 Å². The first kappa shape index (κ1) is 23.5. The number of carbonyl (C=O) groups is 1. The van der Waals surface area contributed by atoms with Gasteiger partial charge in [0.15, 0.2) is 0 Å². The lowest BCUT2D eigenvalue weighted by Gasteiger charge is -2.30. The normalized spacial score (nSPS) is 12.6. The molecule has 1 aromatic carbocycles. The number of carbonyl (C=O) groups excluding carboxylic acids is 1. The van der Waals surface area contributed by atoms with Crippen molar-refractivity contribution in [1.29, 1.82) is 0 Å². The minimum atomic E-state index is -0.564. The second kappa shape index (κ2) is 9.11. The van der Waals surface area contributed by atoms with Crippen LogP contribution >= 0.6 is 0 Å². The third kappa shape index (κ3) is 7.93. The number of amides is 1. The van der Waals surface area contributed by atoms with E-state index in [-0.39, 0.29) is 5.60 Å².